The quantitative estimate of drug-likeness (QED) is 0.831. The average molecular weight is 265 g/mol. The first-order chi connectivity index (χ1) is 6.13. The highest BCUT2D eigenvalue weighted by atomic mass is 79.9. The summed E-state index contributed by atoms with van der Waals surface area (Å²) < 4.78 is 6.32. The summed E-state index contributed by atoms with van der Waals surface area (Å²) in [6.07, 6.45) is 2.70. The lowest BCUT2D eigenvalue weighted by Crippen LogP contribution is -2.10. The minimum absolute atomic E-state index is 0.171. The van der Waals surface area contributed by atoms with Gasteiger partial charge in [0.25, 0.3) is 0 Å². The van der Waals surface area contributed by atoms with Gasteiger partial charge in [-0.25, -0.2) is 4.98 Å². The fraction of sp³-hybridized carbons (Fsp3) is 0.444. The van der Waals surface area contributed by atoms with Crippen molar-refractivity contribution in [1.29, 1.82) is 0 Å². The van der Waals surface area contributed by atoms with E-state index in [9.17, 15) is 0 Å². The van der Waals surface area contributed by atoms with Crippen LogP contribution in [0.4, 0.5) is 0 Å². The molecule has 1 atom stereocenters. The Balaban J connectivity index is 2.77. The van der Waals surface area contributed by atoms with Crippen LogP contribution >= 0.6 is 27.5 Å². The van der Waals surface area contributed by atoms with Crippen LogP contribution in [-0.4, -0.2) is 11.1 Å². The largest absolute Gasteiger partial charge is 0.474 e. The van der Waals surface area contributed by atoms with Crippen molar-refractivity contribution in [3.63, 3.8) is 0 Å². The van der Waals surface area contributed by atoms with Gasteiger partial charge in [0.1, 0.15) is 0 Å². The van der Waals surface area contributed by atoms with Crippen LogP contribution in [0.25, 0.3) is 0 Å². The van der Waals surface area contributed by atoms with E-state index in [1.807, 2.05) is 6.92 Å². The lowest BCUT2D eigenvalue weighted by Gasteiger charge is -2.12. The van der Waals surface area contributed by atoms with E-state index < -0.39 is 0 Å². The third-order valence-corrected chi connectivity index (χ3v) is 2.44. The summed E-state index contributed by atoms with van der Waals surface area (Å²) in [5, 5.41) is 0.600. The van der Waals surface area contributed by atoms with Gasteiger partial charge >= 0.3 is 0 Å². The highest BCUT2D eigenvalue weighted by Crippen LogP contribution is 2.26. The molecule has 0 radical (unpaired) electrons. The van der Waals surface area contributed by atoms with Crippen molar-refractivity contribution in [2.45, 2.75) is 26.4 Å². The van der Waals surface area contributed by atoms with E-state index >= 15 is 0 Å². The number of nitrogens with zero attached hydrogens (tertiary/aromatic N) is 1. The van der Waals surface area contributed by atoms with Crippen molar-refractivity contribution in [3.8, 4) is 5.88 Å². The van der Waals surface area contributed by atoms with E-state index in [4.69, 9.17) is 16.3 Å². The molecule has 0 N–H and O–H groups in total. The minimum Gasteiger partial charge on any atom is -0.474 e. The van der Waals surface area contributed by atoms with Gasteiger partial charge < -0.3 is 4.74 Å². The van der Waals surface area contributed by atoms with Gasteiger partial charge in [-0.2, -0.15) is 0 Å². The highest BCUT2D eigenvalue weighted by Gasteiger charge is 2.06. The summed E-state index contributed by atoms with van der Waals surface area (Å²) in [7, 11) is 0. The first kappa shape index (κ1) is 10.8. The Morgan fingerprint density at radius 1 is 1.69 bits per heavy atom. The number of halogens is 2. The van der Waals surface area contributed by atoms with Crippen LogP contribution in [0.3, 0.4) is 0 Å². The van der Waals surface area contributed by atoms with E-state index in [1.165, 1.54) is 0 Å². The molecular weight excluding hydrogens is 253 g/mol. The molecule has 0 aliphatic rings. The Bertz CT molecular complexity index is 293. The molecule has 0 saturated carbocycles. The van der Waals surface area contributed by atoms with Crippen LogP contribution in [0.15, 0.2) is 16.7 Å². The molecule has 0 aromatic carbocycles. The summed E-state index contributed by atoms with van der Waals surface area (Å²) in [5.74, 6) is 0.596. The van der Waals surface area contributed by atoms with E-state index in [0.717, 1.165) is 10.9 Å². The molecule has 0 aliphatic carbocycles. The zero-order valence-corrected chi connectivity index (χ0v) is 9.89. The Morgan fingerprint density at radius 3 is 2.92 bits per heavy atom. The fourth-order valence-electron chi connectivity index (χ4n) is 0.763. The van der Waals surface area contributed by atoms with Crippen LogP contribution in [0.2, 0.25) is 5.02 Å². The van der Waals surface area contributed by atoms with Gasteiger partial charge in [0.2, 0.25) is 5.88 Å². The number of aromatic nitrogens is 1. The van der Waals surface area contributed by atoms with Crippen LogP contribution in [0, 0.1) is 0 Å². The van der Waals surface area contributed by atoms with E-state index in [0.29, 0.717) is 10.9 Å². The molecule has 4 heteroatoms. The predicted molar refractivity (Wildman–Crippen MR) is 57.3 cm³/mol. The molecule has 1 aromatic rings. The topological polar surface area (TPSA) is 22.1 Å². The van der Waals surface area contributed by atoms with Gasteiger partial charge in [0.05, 0.1) is 15.6 Å². The zero-order chi connectivity index (χ0) is 9.84. The second kappa shape index (κ2) is 4.82. The van der Waals surface area contributed by atoms with Crippen molar-refractivity contribution in [2.24, 2.45) is 0 Å². The molecule has 0 aliphatic heterocycles. The first-order valence-corrected chi connectivity index (χ1v) is 5.28. The number of rotatable bonds is 3. The number of pyridine rings is 1. The van der Waals surface area contributed by atoms with E-state index in [-0.39, 0.29) is 6.10 Å². The molecule has 0 spiro atoms. The maximum atomic E-state index is 5.74. The van der Waals surface area contributed by atoms with Crippen LogP contribution in [-0.2, 0) is 0 Å². The Kier molecular flexibility index (Phi) is 4.00. The van der Waals surface area contributed by atoms with Crippen LogP contribution < -0.4 is 4.74 Å². The summed E-state index contributed by atoms with van der Waals surface area (Å²) in [5.41, 5.74) is 0. The second-order valence-electron chi connectivity index (χ2n) is 2.78. The monoisotopic (exact) mass is 263 g/mol. The van der Waals surface area contributed by atoms with Gasteiger partial charge in [-0.15, -0.1) is 0 Å². The lowest BCUT2D eigenvalue weighted by molar-refractivity contribution is 0.207. The lowest BCUT2D eigenvalue weighted by atomic mass is 10.3. The average Bonchev–Trinajstić information content (AvgIpc) is 2.09. The molecule has 2 nitrogen and oxygen atoms in total. The molecule has 1 heterocycles. The Labute approximate surface area is 91.4 Å². The van der Waals surface area contributed by atoms with Crippen LogP contribution in [0.1, 0.15) is 20.3 Å². The molecule has 0 saturated heterocycles. The molecule has 1 unspecified atom stereocenters. The Hall–Kier alpha value is -0.280. The smallest absolute Gasteiger partial charge is 0.228 e. The Morgan fingerprint density at radius 2 is 2.38 bits per heavy atom. The highest BCUT2D eigenvalue weighted by molar-refractivity contribution is 9.10. The summed E-state index contributed by atoms with van der Waals surface area (Å²) in [6.45, 7) is 4.07. The van der Waals surface area contributed by atoms with Gasteiger partial charge in [-0.3, -0.25) is 0 Å². The zero-order valence-electron chi connectivity index (χ0n) is 7.55. The maximum Gasteiger partial charge on any atom is 0.228 e. The number of hydrogen-bond acceptors (Lipinski definition) is 2. The van der Waals surface area contributed by atoms with Crippen molar-refractivity contribution < 1.29 is 4.74 Å². The fourth-order valence-corrected chi connectivity index (χ4v) is 1.49. The normalized spacial score (nSPS) is 12.6. The van der Waals surface area contributed by atoms with E-state index in [1.54, 1.807) is 12.3 Å². The second-order valence-corrected chi connectivity index (χ2v) is 4.07. The minimum atomic E-state index is 0.171. The predicted octanol–water partition coefficient (Wildman–Crippen LogP) is 3.67. The summed E-state index contributed by atoms with van der Waals surface area (Å²) in [4.78, 5) is 4.06. The van der Waals surface area contributed by atoms with Crippen LogP contribution in [0.5, 0.6) is 5.88 Å². The van der Waals surface area contributed by atoms with Gasteiger partial charge in [-0.1, -0.05) is 18.5 Å². The SMILES string of the molecule is CCC(C)Oc1ncc(Cl)cc1Br. The molecule has 1 rings (SSSR count). The molecule has 0 fully saturated rings. The summed E-state index contributed by atoms with van der Waals surface area (Å²) >= 11 is 9.07. The number of ether oxygens (including phenoxy) is 1. The van der Waals surface area contributed by atoms with Crippen molar-refractivity contribution >= 4 is 27.5 Å². The molecule has 13 heavy (non-hydrogen) atoms. The third kappa shape index (κ3) is 3.16. The van der Waals surface area contributed by atoms with Gasteiger partial charge in [0, 0.05) is 6.20 Å². The molecule has 1 aromatic heterocycles. The third-order valence-electron chi connectivity index (χ3n) is 1.66. The maximum absolute atomic E-state index is 5.74. The van der Waals surface area contributed by atoms with Crippen molar-refractivity contribution in [1.82, 2.24) is 4.98 Å². The van der Waals surface area contributed by atoms with Gasteiger partial charge in [-0.05, 0) is 35.3 Å². The standard InChI is InChI=1S/C9H11BrClNO/c1-3-6(2)13-9-8(10)4-7(11)5-12-9/h4-6H,3H2,1-2H3. The first-order valence-electron chi connectivity index (χ1n) is 4.11. The van der Waals surface area contributed by atoms with Crippen molar-refractivity contribution in [3.05, 3.63) is 21.8 Å². The molecular formula is C9H11BrClNO. The number of hydrogen-bond donors (Lipinski definition) is 0. The molecule has 0 amide bonds. The van der Waals surface area contributed by atoms with E-state index in [2.05, 4.69) is 27.8 Å². The van der Waals surface area contributed by atoms with Crippen molar-refractivity contribution in [2.75, 3.05) is 0 Å². The molecule has 0 bridgehead atoms. The summed E-state index contributed by atoms with van der Waals surface area (Å²) in [6, 6.07) is 1.77. The molecule has 72 valence electrons. The van der Waals surface area contributed by atoms with Gasteiger partial charge in [0.15, 0.2) is 0 Å².